The van der Waals surface area contributed by atoms with Crippen molar-refractivity contribution in [3.8, 4) is 17.2 Å². The van der Waals surface area contributed by atoms with Crippen LogP contribution in [-0.2, 0) is 4.74 Å². The SMILES string of the molecule is C[C@@H]1CCCCO[C@@H](CN(C)C(=O)Nc2ccc3c(c2)OCO3)[C@@H](C)CN([C@H](C)CO)C(=O)c2cc(NC(=O)Nc3ccccc3)ccc2O1. The van der Waals surface area contributed by atoms with E-state index in [2.05, 4.69) is 16.0 Å². The lowest BCUT2D eigenvalue weighted by molar-refractivity contribution is -0.0115. The van der Waals surface area contributed by atoms with Gasteiger partial charge >= 0.3 is 12.1 Å². The highest BCUT2D eigenvalue weighted by Crippen LogP contribution is 2.34. The van der Waals surface area contributed by atoms with Crippen LogP contribution in [0.15, 0.2) is 66.7 Å². The molecule has 0 aliphatic carbocycles. The molecule has 50 heavy (non-hydrogen) atoms. The maximum absolute atomic E-state index is 14.4. The molecule has 0 saturated carbocycles. The standard InChI is InChI=1S/C37H47N5O8/c1-24-20-42(25(2)22-43)35(44)30-18-28(39-36(45)38-27-11-6-5-7-12-27)13-15-31(30)50-26(3)10-8-9-17-47-34(24)21-41(4)37(46)40-29-14-16-32-33(19-29)49-23-48-32/h5-7,11-16,18-19,24-26,34,43H,8-10,17,20-23H2,1-4H3,(H,40,46)(H2,38,39,45)/t24-,25+,26+,34-/m0/s1. The van der Waals surface area contributed by atoms with Gasteiger partial charge in [0.2, 0.25) is 6.79 Å². The summed E-state index contributed by atoms with van der Waals surface area (Å²) in [6.07, 6.45) is 1.72. The van der Waals surface area contributed by atoms with Crippen molar-refractivity contribution in [2.75, 3.05) is 56.1 Å². The zero-order chi connectivity index (χ0) is 35.6. The van der Waals surface area contributed by atoms with Crippen molar-refractivity contribution in [3.63, 3.8) is 0 Å². The molecule has 13 heteroatoms. The van der Waals surface area contributed by atoms with Gasteiger partial charge in [-0.2, -0.15) is 0 Å². The summed E-state index contributed by atoms with van der Waals surface area (Å²) in [6, 6.07) is 17.9. The summed E-state index contributed by atoms with van der Waals surface area (Å²) in [4.78, 5) is 43.6. The third kappa shape index (κ3) is 9.57. The number of ether oxygens (including phenoxy) is 4. The fourth-order valence-corrected chi connectivity index (χ4v) is 5.82. The van der Waals surface area contributed by atoms with Gasteiger partial charge in [-0.05, 0) is 75.6 Å². The number of nitrogens with zero attached hydrogens (tertiary/aromatic N) is 2. The van der Waals surface area contributed by atoms with Crippen LogP contribution in [0, 0.1) is 5.92 Å². The molecule has 2 heterocycles. The highest BCUT2D eigenvalue weighted by Gasteiger charge is 2.31. The zero-order valence-electron chi connectivity index (χ0n) is 29.0. The Morgan fingerprint density at radius 3 is 2.38 bits per heavy atom. The molecule has 4 atom stereocenters. The Labute approximate surface area is 292 Å². The van der Waals surface area contributed by atoms with Crippen molar-refractivity contribution < 1.29 is 38.4 Å². The highest BCUT2D eigenvalue weighted by atomic mass is 16.7. The van der Waals surface area contributed by atoms with Crippen LogP contribution in [0.25, 0.3) is 0 Å². The van der Waals surface area contributed by atoms with E-state index in [4.69, 9.17) is 18.9 Å². The number of nitrogens with one attached hydrogen (secondary N) is 3. The molecule has 0 saturated heterocycles. The van der Waals surface area contributed by atoms with Gasteiger partial charge in [-0.1, -0.05) is 25.1 Å². The third-order valence-electron chi connectivity index (χ3n) is 8.77. The first-order valence-corrected chi connectivity index (χ1v) is 17.0. The Morgan fingerprint density at radius 1 is 0.920 bits per heavy atom. The summed E-state index contributed by atoms with van der Waals surface area (Å²) in [5.41, 5.74) is 1.86. The van der Waals surface area contributed by atoms with Gasteiger partial charge in [-0.25, -0.2) is 9.59 Å². The smallest absolute Gasteiger partial charge is 0.323 e. The molecule has 2 aliphatic heterocycles. The van der Waals surface area contributed by atoms with E-state index in [0.717, 1.165) is 19.3 Å². The molecule has 5 amide bonds. The van der Waals surface area contributed by atoms with E-state index in [1.165, 1.54) is 0 Å². The lowest BCUT2D eigenvalue weighted by Gasteiger charge is -2.35. The number of rotatable bonds is 7. The Bertz CT molecular complexity index is 1620. The molecule has 13 nitrogen and oxygen atoms in total. The van der Waals surface area contributed by atoms with Crippen LogP contribution in [-0.4, -0.2) is 91.3 Å². The Morgan fingerprint density at radius 2 is 1.62 bits per heavy atom. The second-order valence-corrected chi connectivity index (χ2v) is 12.8. The number of fused-ring (bicyclic) bond motifs is 2. The number of benzene rings is 3. The van der Waals surface area contributed by atoms with Gasteiger partial charge in [-0.15, -0.1) is 0 Å². The fourth-order valence-electron chi connectivity index (χ4n) is 5.82. The monoisotopic (exact) mass is 689 g/mol. The quantitative estimate of drug-likeness (QED) is 0.235. The van der Waals surface area contributed by atoms with Crippen molar-refractivity contribution in [1.82, 2.24) is 9.80 Å². The van der Waals surface area contributed by atoms with Gasteiger partial charge in [0.25, 0.3) is 5.91 Å². The number of likely N-dealkylation sites (N-methyl/N-ethyl adjacent to an activating group) is 1. The van der Waals surface area contributed by atoms with E-state index >= 15 is 0 Å². The lowest BCUT2D eigenvalue weighted by atomic mass is 10.0. The van der Waals surface area contributed by atoms with Gasteiger partial charge in [0.05, 0.1) is 30.4 Å². The largest absolute Gasteiger partial charge is 0.490 e. The van der Waals surface area contributed by atoms with Crippen molar-refractivity contribution >= 4 is 35.0 Å². The first-order valence-electron chi connectivity index (χ1n) is 17.0. The molecule has 0 fully saturated rings. The van der Waals surface area contributed by atoms with Crippen molar-refractivity contribution in [1.29, 1.82) is 0 Å². The van der Waals surface area contributed by atoms with E-state index in [1.807, 2.05) is 32.0 Å². The maximum atomic E-state index is 14.4. The summed E-state index contributed by atoms with van der Waals surface area (Å²) in [5.74, 6) is 0.981. The van der Waals surface area contributed by atoms with Crippen LogP contribution < -0.4 is 30.2 Å². The average Bonchev–Trinajstić information content (AvgIpc) is 3.58. The number of hydrogen-bond donors (Lipinski definition) is 4. The second kappa shape index (κ2) is 17.1. The van der Waals surface area contributed by atoms with Crippen molar-refractivity contribution in [2.24, 2.45) is 5.92 Å². The summed E-state index contributed by atoms with van der Waals surface area (Å²) in [6.45, 7) is 6.51. The second-order valence-electron chi connectivity index (χ2n) is 12.8. The number of amides is 5. The summed E-state index contributed by atoms with van der Waals surface area (Å²) < 4.78 is 23.5. The Balaban J connectivity index is 1.35. The minimum Gasteiger partial charge on any atom is -0.490 e. The molecule has 0 spiro atoms. The molecule has 4 N–H and O–H groups in total. The first kappa shape index (κ1) is 36.3. The fraction of sp³-hybridized carbons (Fsp3) is 0.432. The van der Waals surface area contributed by atoms with Gasteiger partial charge in [0.1, 0.15) is 5.75 Å². The number of aliphatic hydroxyl groups is 1. The molecule has 0 radical (unpaired) electrons. The number of hydrogen-bond acceptors (Lipinski definition) is 8. The number of carbonyl (C=O) groups excluding carboxylic acids is 3. The minimum atomic E-state index is -0.547. The van der Waals surface area contributed by atoms with Gasteiger partial charge < -0.3 is 49.8 Å². The molecular formula is C37H47N5O8. The normalized spacial score (nSPS) is 20.1. The average molecular weight is 690 g/mol. The van der Waals surface area contributed by atoms with Crippen LogP contribution >= 0.6 is 0 Å². The molecule has 3 aromatic carbocycles. The zero-order valence-corrected chi connectivity index (χ0v) is 29.0. The topological polar surface area (TPSA) is 151 Å². The van der Waals surface area contributed by atoms with Gasteiger partial charge in [-0.3, -0.25) is 4.79 Å². The van der Waals surface area contributed by atoms with E-state index in [-0.39, 0.29) is 56.0 Å². The van der Waals surface area contributed by atoms with E-state index in [1.54, 1.807) is 72.3 Å². The number of aliphatic hydroxyl groups excluding tert-OH is 1. The third-order valence-corrected chi connectivity index (χ3v) is 8.77. The van der Waals surface area contributed by atoms with Crippen LogP contribution in [0.2, 0.25) is 0 Å². The van der Waals surface area contributed by atoms with E-state index < -0.39 is 18.2 Å². The highest BCUT2D eigenvalue weighted by molar-refractivity contribution is 6.02. The molecule has 268 valence electrons. The summed E-state index contributed by atoms with van der Waals surface area (Å²) >= 11 is 0. The Kier molecular flexibility index (Phi) is 12.4. The van der Waals surface area contributed by atoms with Crippen LogP contribution in [0.4, 0.5) is 26.7 Å². The molecule has 2 aliphatic rings. The first-order chi connectivity index (χ1) is 24.1. The summed E-state index contributed by atoms with van der Waals surface area (Å²) in [7, 11) is 1.70. The Hall–Kier alpha value is -5.01. The molecule has 0 aromatic heterocycles. The van der Waals surface area contributed by atoms with Crippen LogP contribution in [0.5, 0.6) is 17.2 Å². The van der Waals surface area contributed by atoms with Crippen molar-refractivity contribution in [3.05, 3.63) is 72.3 Å². The van der Waals surface area contributed by atoms with Gasteiger partial charge in [0.15, 0.2) is 11.5 Å². The molecular weight excluding hydrogens is 642 g/mol. The molecule has 0 unspecified atom stereocenters. The van der Waals surface area contributed by atoms with Crippen molar-refractivity contribution in [2.45, 2.75) is 58.3 Å². The molecule has 5 rings (SSSR count). The van der Waals surface area contributed by atoms with E-state index in [0.29, 0.717) is 40.9 Å². The molecule has 0 bridgehead atoms. The number of urea groups is 2. The number of para-hydroxylation sites is 1. The van der Waals surface area contributed by atoms with Crippen LogP contribution in [0.3, 0.4) is 0 Å². The summed E-state index contributed by atoms with van der Waals surface area (Å²) in [5, 5.41) is 18.7. The molecule has 3 aromatic rings. The van der Waals surface area contributed by atoms with E-state index in [9.17, 15) is 19.5 Å². The lowest BCUT2D eigenvalue weighted by Crippen LogP contribution is -2.48. The maximum Gasteiger partial charge on any atom is 0.323 e. The number of anilines is 3. The minimum absolute atomic E-state index is 0.138. The predicted octanol–water partition coefficient (Wildman–Crippen LogP) is 6.02. The van der Waals surface area contributed by atoms with Gasteiger partial charge in [0, 0.05) is 55.8 Å². The number of carbonyl (C=O) groups is 3. The van der Waals surface area contributed by atoms with Crippen LogP contribution in [0.1, 0.15) is 50.4 Å². The predicted molar refractivity (Wildman–Crippen MR) is 190 cm³/mol.